The van der Waals surface area contributed by atoms with Gasteiger partial charge in [0.05, 0.1) is 16.8 Å². The molecule has 0 spiro atoms. The molecule has 0 aliphatic heterocycles. The predicted molar refractivity (Wildman–Crippen MR) is 123 cm³/mol. The van der Waals surface area contributed by atoms with Crippen LogP contribution in [-0.2, 0) is 17.2 Å². The zero-order chi connectivity index (χ0) is 25.3. The van der Waals surface area contributed by atoms with E-state index in [1.165, 1.54) is 30.6 Å². The maximum Gasteiger partial charge on any atom is 0.416 e. The largest absolute Gasteiger partial charge is 0.416 e. The summed E-state index contributed by atoms with van der Waals surface area (Å²) in [4.78, 5) is 20.1. The highest BCUT2D eigenvalue weighted by Gasteiger charge is 2.30. The standard InChI is InChI=1S/C24H18F5N3O2S/c1-2-9-35(34)32-19-8-7-18(25)20(21(19)26)22(33)17-12-31-23-16(17)10-14(11-30-23)13-3-5-15(6-4-13)24(27,28)29/h3-8,10-12,32H,2,9H2,1H3,(H,30,31). The lowest BCUT2D eigenvalue weighted by molar-refractivity contribution is -0.137. The second kappa shape index (κ2) is 9.57. The number of aromatic amines is 1. The molecule has 0 saturated carbocycles. The van der Waals surface area contributed by atoms with E-state index in [2.05, 4.69) is 14.7 Å². The first-order valence-electron chi connectivity index (χ1n) is 10.4. The number of ketones is 1. The van der Waals surface area contributed by atoms with Gasteiger partial charge in [0.15, 0.2) is 5.82 Å². The van der Waals surface area contributed by atoms with Gasteiger partial charge in [0.25, 0.3) is 0 Å². The number of pyridine rings is 1. The second-order valence-electron chi connectivity index (χ2n) is 7.66. The van der Waals surface area contributed by atoms with Crippen LogP contribution in [-0.4, -0.2) is 25.7 Å². The first-order chi connectivity index (χ1) is 16.6. The molecule has 182 valence electrons. The van der Waals surface area contributed by atoms with E-state index in [1.807, 2.05) is 0 Å². The summed E-state index contributed by atoms with van der Waals surface area (Å²) >= 11 is 0. The Kier molecular flexibility index (Phi) is 6.70. The van der Waals surface area contributed by atoms with Gasteiger partial charge in [0.2, 0.25) is 5.78 Å². The van der Waals surface area contributed by atoms with E-state index in [0.717, 1.165) is 24.3 Å². The van der Waals surface area contributed by atoms with Gasteiger partial charge < -0.3 is 9.71 Å². The number of carbonyl (C=O) groups is 1. The van der Waals surface area contributed by atoms with E-state index >= 15 is 4.39 Å². The molecule has 4 aromatic rings. The summed E-state index contributed by atoms with van der Waals surface area (Å²) in [6, 6.07) is 7.86. The van der Waals surface area contributed by atoms with Crippen molar-refractivity contribution in [1.29, 1.82) is 0 Å². The van der Waals surface area contributed by atoms with Crippen LogP contribution in [0.15, 0.2) is 54.9 Å². The number of aromatic nitrogens is 2. The minimum absolute atomic E-state index is 0.0779. The maximum absolute atomic E-state index is 15.1. The summed E-state index contributed by atoms with van der Waals surface area (Å²) in [6.07, 6.45) is -1.26. The lowest BCUT2D eigenvalue weighted by Gasteiger charge is -2.11. The van der Waals surface area contributed by atoms with Crippen LogP contribution in [0, 0.1) is 11.6 Å². The van der Waals surface area contributed by atoms with Crippen LogP contribution in [0.4, 0.5) is 27.6 Å². The SMILES string of the molecule is CCCS(=O)Nc1ccc(F)c(C(=O)c2c[nH]c3ncc(-c4ccc(C(F)(F)F)cc4)cc23)c1F. The highest BCUT2D eigenvalue weighted by molar-refractivity contribution is 7.86. The molecule has 4 rings (SSSR count). The molecule has 35 heavy (non-hydrogen) atoms. The van der Waals surface area contributed by atoms with Crippen LogP contribution in [0.3, 0.4) is 0 Å². The van der Waals surface area contributed by atoms with E-state index in [1.54, 1.807) is 6.92 Å². The first kappa shape index (κ1) is 24.5. The molecule has 0 aliphatic rings. The number of halogens is 5. The van der Waals surface area contributed by atoms with E-state index < -0.39 is 45.7 Å². The van der Waals surface area contributed by atoms with Gasteiger partial charge >= 0.3 is 6.18 Å². The Morgan fingerprint density at radius 1 is 1.09 bits per heavy atom. The number of alkyl halides is 3. The van der Waals surface area contributed by atoms with Gasteiger partial charge in [-0.2, -0.15) is 13.2 Å². The molecule has 0 aliphatic carbocycles. The third kappa shape index (κ3) is 4.95. The third-order valence-corrected chi connectivity index (χ3v) is 6.48. The van der Waals surface area contributed by atoms with Crippen molar-refractivity contribution in [2.24, 2.45) is 0 Å². The molecule has 0 saturated heterocycles. The summed E-state index contributed by atoms with van der Waals surface area (Å²) in [5.74, 6) is -3.01. The number of rotatable bonds is 7. The zero-order valence-corrected chi connectivity index (χ0v) is 19.0. The van der Waals surface area contributed by atoms with Crippen LogP contribution in [0.25, 0.3) is 22.2 Å². The molecule has 0 radical (unpaired) electrons. The van der Waals surface area contributed by atoms with Crippen molar-refractivity contribution in [2.75, 3.05) is 10.5 Å². The summed E-state index contributed by atoms with van der Waals surface area (Å²) < 4.78 is 82.6. The van der Waals surface area contributed by atoms with Gasteiger partial charge in [-0.05, 0) is 42.3 Å². The Bertz CT molecular complexity index is 1430. The number of anilines is 1. The van der Waals surface area contributed by atoms with Crippen molar-refractivity contribution in [3.8, 4) is 11.1 Å². The topological polar surface area (TPSA) is 74.8 Å². The van der Waals surface area contributed by atoms with Crippen LogP contribution in [0.5, 0.6) is 0 Å². The number of H-pyrrole nitrogens is 1. The lowest BCUT2D eigenvalue weighted by atomic mass is 9.99. The molecule has 0 bridgehead atoms. The third-order valence-electron chi connectivity index (χ3n) is 5.25. The molecule has 0 amide bonds. The van der Waals surface area contributed by atoms with Crippen molar-refractivity contribution in [2.45, 2.75) is 19.5 Å². The smallest absolute Gasteiger partial charge is 0.345 e. The Morgan fingerprint density at radius 3 is 2.46 bits per heavy atom. The van der Waals surface area contributed by atoms with Crippen LogP contribution >= 0.6 is 0 Å². The number of benzene rings is 2. The van der Waals surface area contributed by atoms with Crippen LogP contribution in [0.2, 0.25) is 0 Å². The van der Waals surface area contributed by atoms with E-state index in [0.29, 0.717) is 17.5 Å². The molecule has 1 atom stereocenters. The molecular weight excluding hydrogens is 489 g/mol. The molecule has 2 aromatic carbocycles. The molecule has 2 N–H and O–H groups in total. The van der Waals surface area contributed by atoms with E-state index in [-0.39, 0.29) is 28.0 Å². The molecule has 11 heteroatoms. The molecule has 0 fully saturated rings. The van der Waals surface area contributed by atoms with E-state index in [4.69, 9.17) is 0 Å². The number of carbonyl (C=O) groups excluding carboxylic acids is 1. The molecule has 1 unspecified atom stereocenters. The van der Waals surface area contributed by atoms with Gasteiger partial charge in [0.1, 0.15) is 22.5 Å². The fourth-order valence-corrected chi connectivity index (χ4v) is 4.41. The van der Waals surface area contributed by atoms with Gasteiger partial charge in [-0.25, -0.2) is 18.0 Å². The number of hydrogen-bond acceptors (Lipinski definition) is 3. The van der Waals surface area contributed by atoms with Crippen molar-refractivity contribution >= 4 is 33.5 Å². The quantitative estimate of drug-likeness (QED) is 0.230. The Balaban J connectivity index is 1.73. The van der Waals surface area contributed by atoms with Crippen molar-refractivity contribution in [3.63, 3.8) is 0 Å². The van der Waals surface area contributed by atoms with Crippen LogP contribution < -0.4 is 4.72 Å². The fraction of sp³-hybridized carbons (Fsp3) is 0.167. The van der Waals surface area contributed by atoms with Gasteiger partial charge in [-0.3, -0.25) is 4.79 Å². The van der Waals surface area contributed by atoms with Crippen molar-refractivity contribution in [3.05, 3.63) is 83.2 Å². The average Bonchev–Trinajstić information content (AvgIpc) is 3.24. The van der Waals surface area contributed by atoms with Gasteiger partial charge in [-0.1, -0.05) is 19.1 Å². The fourth-order valence-electron chi connectivity index (χ4n) is 3.53. The van der Waals surface area contributed by atoms with Crippen molar-refractivity contribution in [1.82, 2.24) is 9.97 Å². The summed E-state index contributed by atoms with van der Waals surface area (Å²) in [5, 5.41) is 0.235. The monoisotopic (exact) mass is 507 g/mol. The Labute approximate surface area is 199 Å². The van der Waals surface area contributed by atoms with Gasteiger partial charge in [-0.15, -0.1) is 0 Å². The number of hydrogen-bond donors (Lipinski definition) is 2. The molecule has 2 aromatic heterocycles. The number of nitrogens with zero attached hydrogens (tertiary/aromatic N) is 1. The molecule has 5 nitrogen and oxygen atoms in total. The summed E-state index contributed by atoms with van der Waals surface area (Å²) in [7, 11) is -1.61. The second-order valence-corrected chi connectivity index (χ2v) is 8.97. The Morgan fingerprint density at radius 2 is 1.80 bits per heavy atom. The Hall–Kier alpha value is -3.60. The first-order valence-corrected chi connectivity index (χ1v) is 11.7. The minimum Gasteiger partial charge on any atom is -0.345 e. The minimum atomic E-state index is -4.48. The van der Waals surface area contributed by atoms with Crippen LogP contribution in [0.1, 0.15) is 34.8 Å². The maximum atomic E-state index is 15.1. The average molecular weight is 507 g/mol. The summed E-state index contributed by atoms with van der Waals surface area (Å²) in [5.41, 5.74) is -0.921. The lowest BCUT2D eigenvalue weighted by Crippen LogP contribution is -2.13. The molecular formula is C24H18F5N3O2S. The highest BCUT2D eigenvalue weighted by atomic mass is 32.2. The normalized spacial score (nSPS) is 12.6. The highest BCUT2D eigenvalue weighted by Crippen LogP contribution is 2.32. The number of fused-ring (bicyclic) bond motifs is 1. The van der Waals surface area contributed by atoms with E-state index in [9.17, 15) is 26.6 Å². The summed E-state index contributed by atoms with van der Waals surface area (Å²) in [6.45, 7) is 1.79. The zero-order valence-electron chi connectivity index (χ0n) is 18.2. The predicted octanol–water partition coefficient (Wildman–Crippen LogP) is 6.24. The molecule has 2 heterocycles. The number of nitrogens with one attached hydrogen (secondary N) is 2. The van der Waals surface area contributed by atoms with Crippen molar-refractivity contribution < 1.29 is 31.0 Å². The van der Waals surface area contributed by atoms with Gasteiger partial charge in [0, 0.05) is 34.7 Å².